The van der Waals surface area contributed by atoms with Gasteiger partial charge in [-0.15, -0.1) is 15.3 Å². The fourth-order valence-corrected chi connectivity index (χ4v) is 4.00. The van der Waals surface area contributed by atoms with E-state index in [4.69, 9.17) is 9.47 Å². The summed E-state index contributed by atoms with van der Waals surface area (Å²) in [6.45, 7) is 4.36. The molecule has 0 spiro atoms. The smallest absolute Gasteiger partial charge is 0.453 e. The van der Waals surface area contributed by atoms with Gasteiger partial charge in [0.25, 0.3) is 5.82 Å². The molecule has 1 fully saturated rings. The molecule has 0 aliphatic carbocycles. The highest BCUT2D eigenvalue weighted by Crippen LogP contribution is 2.30. The average Bonchev–Trinajstić information content (AvgIpc) is 3.33. The van der Waals surface area contributed by atoms with Crippen molar-refractivity contribution < 1.29 is 22.6 Å². The van der Waals surface area contributed by atoms with E-state index < -0.39 is 12.0 Å². The molecule has 10 heteroatoms. The zero-order valence-corrected chi connectivity index (χ0v) is 16.3. The van der Waals surface area contributed by atoms with Crippen LogP contribution >= 0.6 is 0 Å². The van der Waals surface area contributed by atoms with E-state index in [0.717, 1.165) is 34.2 Å². The zero-order valence-electron chi connectivity index (χ0n) is 16.3. The van der Waals surface area contributed by atoms with Crippen molar-refractivity contribution in [1.29, 1.82) is 0 Å². The van der Waals surface area contributed by atoms with E-state index in [1.165, 1.54) is 5.56 Å². The maximum atomic E-state index is 13.2. The quantitative estimate of drug-likeness (QED) is 0.647. The number of ether oxygens (including phenoxy) is 2. The molecular formula is C20H20F3N5O2. The first kappa shape index (κ1) is 19.1. The molecule has 0 amide bonds. The van der Waals surface area contributed by atoms with Crippen LogP contribution in [-0.4, -0.2) is 39.0 Å². The summed E-state index contributed by atoms with van der Waals surface area (Å²) in [5.41, 5.74) is 3.21. The lowest BCUT2D eigenvalue weighted by Gasteiger charge is -2.33. The predicted molar refractivity (Wildman–Crippen MR) is 101 cm³/mol. The van der Waals surface area contributed by atoms with Crippen LogP contribution in [0.1, 0.15) is 35.4 Å². The fraction of sp³-hybridized carbons (Fsp3) is 0.450. The van der Waals surface area contributed by atoms with Crippen LogP contribution in [0, 0.1) is 6.92 Å². The molecular weight excluding hydrogens is 399 g/mol. The van der Waals surface area contributed by atoms with Crippen LogP contribution in [0.15, 0.2) is 24.3 Å². The normalized spacial score (nSPS) is 17.5. The third kappa shape index (κ3) is 3.45. The van der Waals surface area contributed by atoms with Crippen molar-refractivity contribution in [2.75, 3.05) is 18.0 Å². The van der Waals surface area contributed by atoms with E-state index in [2.05, 4.69) is 15.3 Å². The number of benzene rings is 1. The van der Waals surface area contributed by atoms with Crippen LogP contribution in [0.25, 0.3) is 5.65 Å². The lowest BCUT2D eigenvalue weighted by atomic mass is 10.1. The van der Waals surface area contributed by atoms with E-state index >= 15 is 0 Å². The van der Waals surface area contributed by atoms with Crippen LogP contribution in [0.4, 0.5) is 19.0 Å². The van der Waals surface area contributed by atoms with Crippen molar-refractivity contribution in [3.05, 3.63) is 46.8 Å². The SMILES string of the molecule is Cc1cc2nnc(C(F)(F)F)n2nc1N1CCC(Oc2ccc3c(c2)COC3)CC1. The van der Waals surface area contributed by atoms with Crippen molar-refractivity contribution >= 4 is 11.5 Å². The lowest BCUT2D eigenvalue weighted by molar-refractivity contribution is -0.146. The number of nitrogens with zero attached hydrogens (tertiary/aromatic N) is 5. The van der Waals surface area contributed by atoms with E-state index in [-0.39, 0.29) is 11.8 Å². The van der Waals surface area contributed by atoms with Gasteiger partial charge < -0.3 is 14.4 Å². The summed E-state index contributed by atoms with van der Waals surface area (Å²) in [4.78, 5) is 1.99. The largest absolute Gasteiger partial charge is 0.490 e. The Morgan fingerprint density at radius 3 is 2.60 bits per heavy atom. The van der Waals surface area contributed by atoms with Gasteiger partial charge in [0.1, 0.15) is 11.9 Å². The van der Waals surface area contributed by atoms with Crippen LogP contribution in [0.3, 0.4) is 0 Å². The molecule has 5 rings (SSSR count). The minimum Gasteiger partial charge on any atom is -0.490 e. The van der Waals surface area contributed by atoms with Gasteiger partial charge in [-0.1, -0.05) is 6.07 Å². The summed E-state index contributed by atoms with van der Waals surface area (Å²) in [5, 5.41) is 11.1. The molecule has 30 heavy (non-hydrogen) atoms. The number of hydrogen-bond acceptors (Lipinski definition) is 6. The maximum absolute atomic E-state index is 13.2. The number of aryl methyl sites for hydroxylation is 1. The lowest BCUT2D eigenvalue weighted by Crippen LogP contribution is -2.39. The van der Waals surface area contributed by atoms with Crippen molar-refractivity contribution in [3.63, 3.8) is 0 Å². The zero-order chi connectivity index (χ0) is 20.9. The van der Waals surface area contributed by atoms with Gasteiger partial charge in [0.2, 0.25) is 0 Å². The van der Waals surface area contributed by atoms with Gasteiger partial charge >= 0.3 is 6.18 Å². The molecule has 0 atom stereocenters. The molecule has 1 saturated heterocycles. The predicted octanol–water partition coefficient (Wildman–Crippen LogP) is 3.53. The van der Waals surface area contributed by atoms with Crippen molar-refractivity contribution in [3.8, 4) is 5.75 Å². The first-order valence-corrected chi connectivity index (χ1v) is 9.80. The fourth-order valence-electron chi connectivity index (χ4n) is 4.00. The number of rotatable bonds is 3. The van der Waals surface area contributed by atoms with Crippen molar-refractivity contribution in [2.24, 2.45) is 0 Å². The molecule has 3 aromatic rings. The Morgan fingerprint density at radius 1 is 1.07 bits per heavy atom. The summed E-state index contributed by atoms with van der Waals surface area (Å²) in [6, 6.07) is 7.61. The molecule has 4 heterocycles. The second kappa shape index (κ2) is 7.12. The number of piperidine rings is 1. The Hall–Kier alpha value is -2.88. The van der Waals surface area contributed by atoms with Gasteiger partial charge in [0.05, 0.1) is 13.2 Å². The highest BCUT2D eigenvalue weighted by atomic mass is 19.4. The van der Waals surface area contributed by atoms with Crippen LogP contribution in [-0.2, 0) is 24.1 Å². The van der Waals surface area contributed by atoms with Gasteiger partial charge in [0, 0.05) is 25.9 Å². The molecule has 0 radical (unpaired) electrons. The average molecular weight is 419 g/mol. The van der Waals surface area contributed by atoms with Crippen LogP contribution in [0.2, 0.25) is 0 Å². The molecule has 158 valence electrons. The first-order valence-electron chi connectivity index (χ1n) is 9.80. The van der Waals surface area contributed by atoms with Crippen LogP contribution < -0.4 is 9.64 Å². The molecule has 7 nitrogen and oxygen atoms in total. The van der Waals surface area contributed by atoms with Gasteiger partial charge in [-0.05, 0) is 41.8 Å². The summed E-state index contributed by atoms with van der Waals surface area (Å²) < 4.78 is 51.8. The first-order chi connectivity index (χ1) is 14.4. The minimum atomic E-state index is -4.61. The number of hydrogen-bond donors (Lipinski definition) is 0. The van der Waals surface area contributed by atoms with Gasteiger partial charge in [-0.2, -0.15) is 17.7 Å². The van der Waals surface area contributed by atoms with E-state index in [9.17, 15) is 13.2 Å². The molecule has 2 aromatic heterocycles. The topological polar surface area (TPSA) is 64.8 Å². The molecule has 0 bridgehead atoms. The van der Waals surface area contributed by atoms with Gasteiger partial charge in [-0.25, -0.2) is 0 Å². The molecule has 0 saturated carbocycles. The Balaban J connectivity index is 1.30. The molecule has 1 aromatic carbocycles. The Kier molecular flexibility index (Phi) is 4.53. The molecule has 2 aliphatic rings. The molecule has 0 N–H and O–H groups in total. The standard InChI is InChI=1S/C20H20F3N5O2/c1-12-8-17-24-25-19(20(21,22)23)28(17)26-18(12)27-6-4-15(5-7-27)30-16-3-2-13-10-29-11-14(13)9-16/h2-3,8-9,15H,4-7,10-11H2,1H3. The number of aromatic nitrogens is 4. The second-order valence-corrected chi connectivity index (χ2v) is 7.67. The van der Waals surface area contributed by atoms with E-state index in [1.807, 2.05) is 30.0 Å². The van der Waals surface area contributed by atoms with Gasteiger partial charge in [0.15, 0.2) is 11.5 Å². The second-order valence-electron chi connectivity index (χ2n) is 7.67. The third-order valence-electron chi connectivity index (χ3n) is 5.55. The summed E-state index contributed by atoms with van der Waals surface area (Å²) >= 11 is 0. The number of anilines is 1. The number of halogens is 3. The monoisotopic (exact) mass is 419 g/mol. The van der Waals surface area contributed by atoms with E-state index in [1.54, 1.807) is 6.07 Å². The Bertz CT molecular complexity index is 1090. The molecule has 2 aliphatic heterocycles. The number of alkyl halides is 3. The minimum absolute atomic E-state index is 0.0475. The summed E-state index contributed by atoms with van der Waals surface area (Å²) in [7, 11) is 0. The van der Waals surface area contributed by atoms with Crippen molar-refractivity contribution in [2.45, 2.75) is 45.3 Å². The van der Waals surface area contributed by atoms with E-state index in [0.29, 0.717) is 32.1 Å². The highest BCUT2D eigenvalue weighted by molar-refractivity contribution is 5.53. The Morgan fingerprint density at radius 2 is 1.83 bits per heavy atom. The molecule has 0 unspecified atom stereocenters. The van der Waals surface area contributed by atoms with Crippen molar-refractivity contribution in [1.82, 2.24) is 19.8 Å². The third-order valence-corrected chi connectivity index (χ3v) is 5.55. The number of fused-ring (bicyclic) bond motifs is 2. The Labute approximate surface area is 170 Å². The van der Waals surface area contributed by atoms with Gasteiger partial charge in [-0.3, -0.25) is 0 Å². The summed E-state index contributed by atoms with van der Waals surface area (Å²) in [6.07, 6.45) is -3.06. The summed E-state index contributed by atoms with van der Waals surface area (Å²) in [5.74, 6) is 0.228. The van der Waals surface area contributed by atoms with Crippen LogP contribution in [0.5, 0.6) is 5.75 Å². The highest BCUT2D eigenvalue weighted by Gasteiger charge is 2.38. The maximum Gasteiger partial charge on any atom is 0.453 e.